The van der Waals surface area contributed by atoms with E-state index in [1.165, 1.54) is 17.1 Å². The topological polar surface area (TPSA) is 69.7 Å². The minimum atomic E-state index is 0.547. The van der Waals surface area contributed by atoms with Gasteiger partial charge in [0.25, 0.3) is 0 Å². The minimum Gasteiger partial charge on any atom is -0.619 e. The second kappa shape index (κ2) is 6.91. The third-order valence-electron chi connectivity index (χ3n) is 5.11. The van der Waals surface area contributed by atoms with E-state index in [1.54, 1.807) is 24.7 Å². The van der Waals surface area contributed by atoms with Crippen LogP contribution in [0, 0.1) is 5.21 Å². The highest BCUT2D eigenvalue weighted by molar-refractivity contribution is 5.97. The summed E-state index contributed by atoms with van der Waals surface area (Å²) in [6, 6.07) is 16.3. The maximum atomic E-state index is 11.5. The van der Waals surface area contributed by atoms with Crippen LogP contribution in [0.4, 0.5) is 5.69 Å². The molecule has 0 bridgehead atoms. The maximum Gasteiger partial charge on any atom is 0.185 e. The van der Waals surface area contributed by atoms with Crippen LogP contribution < -0.4 is 10.0 Å². The summed E-state index contributed by atoms with van der Waals surface area (Å²) in [5.41, 5.74) is 6.81. The fourth-order valence-electron chi connectivity index (χ4n) is 3.64. The van der Waals surface area contributed by atoms with Crippen LogP contribution in [0.25, 0.3) is 33.1 Å². The van der Waals surface area contributed by atoms with Gasteiger partial charge >= 0.3 is 0 Å². The van der Waals surface area contributed by atoms with E-state index >= 15 is 0 Å². The summed E-state index contributed by atoms with van der Waals surface area (Å²) < 4.78 is 2.92. The number of aromatic nitrogens is 4. The monoisotopic (exact) mass is 381 g/mol. The first kappa shape index (κ1) is 17.2. The lowest BCUT2D eigenvalue weighted by molar-refractivity contribution is -0.605. The molecule has 0 atom stereocenters. The zero-order chi connectivity index (χ0) is 19.8. The molecular formula is C23H19N5O. The van der Waals surface area contributed by atoms with Crippen LogP contribution in [-0.4, -0.2) is 14.5 Å². The summed E-state index contributed by atoms with van der Waals surface area (Å²) in [7, 11) is 2.05. The van der Waals surface area contributed by atoms with Crippen molar-refractivity contribution in [1.29, 1.82) is 0 Å². The van der Waals surface area contributed by atoms with Crippen molar-refractivity contribution in [3.63, 3.8) is 0 Å². The number of anilines is 1. The van der Waals surface area contributed by atoms with Crippen LogP contribution in [0.2, 0.25) is 0 Å². The average Bonchev–Trinajstić information content (AvgIpc) is 3.12. The molecule has 5 rings (SSSR count). The van der Waals surface area contributed by atoms with Crippen LogP contribution in [0.3, 0.4) is 0 Å². The number of benzene rings is 2. The second-order valence-electron chi connectivity index (χ2n) is 7.07. The Morgan fingerprint density at radius 2 is 1.97 bits per heavy atom. The zero-order valence-electron chi connectivity index (χ0n) is 15.9. The number of aryl methyl sites for hydroxylation is 1. The molecule has 142 valence electrons. The van der Waals surface area contributed by atoms with Gasteiger partial charge in [-0.2, -0.15) is 4.73 Å². The Bertz CT molecular complexity index is 1340. The van der Waals surface area contributed by atoms with Crippen molar-refractivity contribution in [3.05, 3.63) is 90.3 Å². The molecule has 6 heteroatoms. The van der Waals surface area contributed by atoms with Gasteiger partial charge in [0.1, 0.15) is 0 Å². The summed E-state index contributed by atoms with van der Waals surface area (Å²) in [6.07, 6.45) is 8.53. The normalized spacial score (nSPS) is 11.2. The van der Waals surface area contributed by atoms with E-state index in [-0.39, 0.29) is 0 Å². The molecule has 0 saturated heterocycles. The Labute approximate surface area is 167 Å². The molecule has 0 spiro atoms. The third kappa shape index (κ3) is 3.25. The predicted molar refractivity (Wildman–Crippen MR) is 114 cm³/mol. The first-order valence-corrected chi connectivity index (χ1v) is 9.39. The highest BCUT2D eigenvalue weighted by Crippen LogP contribution is 2.32. The first-order valence-electron chi connectivity index (χ1n) is 9.39. The second-order valence-corrected chi connectivity index (χ2v) is 7.07. The highest BCUT2D eigenvalue weighted by atomic mass is 16.5. The van der Waals surface area contributed by atoms with Gasteiger partial charge in [-0.05, 0) is 41.3 Å². The Hall–Kier alpha value is -3.93. The molecule has 3 aromatic heterocycles. The van der Waals surface area contributed by atoms with Gasteiger partial charge in [0.2, 0.25) is 0 Å². The lowest BCUT2D eigenvalue weighted by Crippen LogP contribution is -2.25. The fraction of sp³-hybridized carbons (Fsp3) is 0.0870. The summed E-state index contributed by atoms with van der Waals surface area (Å²) in [5, 5.41) is 16.1. The van der Waals surface area contributed by atoms with E-state index in [4.69, 9.17) is 0 Å². The molecule has 3 heterocycles. The first-order chi connectivity index (χ1) is 14.2. The summed E-state index contributed by atoms with van der Waals surface area (Å²) >= 11 is 0. The van der Waals surface area contributed by atoms with E-state index in [0.717, 1.165) is 38.1 Å². The molecule has 0 unspecified atom stereocenters. The van der Waals surface area contributed by atoms with Crippen LogP contribution in [0.15, 0.2) is 79.5 Å². The number of fused-ring (bicyclic) bond motifs is 2. The van der Waals surface area contributed by atoms with Gasteiger partial charge in [-0.15, -0.1) is 0 Å². The molecule has 2 aromatic carbocycles. The number of nitrogens with one attached hydrogen (secondary N) is 1. The summed E-state index contributed by atoms with van der Waals surface area (Å²) in [4.78, 5) is 9.08. The molecule has 0 aliphatic carbocycles. The molecule has 0 radical (unpaired) electrons. The fourth-order valence-corrected chi connectivity index (χ4v) is 3.64. The number of pyridine rings is 1. The Kier molecular flexibility index (Phi) is 4.09. The quantitative estimate of drug-likeness (QED) is 0.377. The van der Waals surface area contributed by atoms with E-state index < -0.39 is 0 Å². The molecule has 0 aliphatic heterocycles. The molecule has 0 aliphatic rings. The highest BCUT2D eigenvalue weighted by Gasteiger charge is 2.11. The Balaban J connectivity index is 1.58. The van der Waals surface area contributed by atoms with Crippen LogP contribution >= 0.6 is 0 Å². The van der Waals surface area contributed by atoms with Crippen molar-refractivity contribution in [2.45, 2.75) is 6.54 Å². The van der Waals surface area contributed by atoms with Gasteiger partial charge in [-0.1, -0.05) is 12.1 Å². The van der Waals surface area contributed by atoms with Crippen molar-refractivity contribution < 1.29 is 4.73 Å². The molecule has 5 aromatic rings. The predicted octanol–water partition coefficient (Wildman–Crippen LogP) is 4.03. The number of nitrogens with zero attached hydrogens (tertiary/aromatic N) is 4. The third-order valence-corrected chi connectivity index (χ3v) is 5.11. The van der Waals surface area contributed by atoms with Gasteiger partial charge in [0.15, 0.2) is 12.4 Å². The van der Waals surface area contributed by atoms with E-state index in [1.807, 2.05) is 19.2 Å². The number of hydrogen-bond donors (Lipinski definition) is 1. The van der Waals surface area contributed by atoms with Crippen molar-refractivity contribution in [2.24, 2.45) is 7.05 Å². The molecule has 6 nitrogen and oxygen atoms in total. The maximum absolute atomic E-state index is 11.5. The summed E-state index contributed by atoms with van der Waals surface area (Å²) in [5.74, 6) is 0. The van der Waals surface area contributed by atoms with Gasteiger partial charge in [-0.3, -0.25) is 9.97 Å². The standard InChI is InChI=1S/C23H19N5O/c1-27-10-6-17-4-5-18(11-22(17)27)20-12-19(13-21-23(20)25-8-7-24-21)26-14-16-3-2-9-28(29)15-16/h2-13,15,26H,14H2,1H3. The van der Waals surface area contributed by atoms with Gasteiger partial charge in [0, 0.05) is 60.6 Å². The molecule has 1 N–H and O–H groups in total. The number of hydrogen-bond acceptors (Lipinski definition) is 4. The lowest BCUT2D eigenvalue weighted by atomic mass is 10.0. The van der Waals surface area contributed by atoms with E-state index in [0.29, 0.717) is 6.54 Å². The van der Waals surface area contributed by atoms with Crippen molar-refractivity contribution >= 4 is 27.6 Å². The smallest absolute Gasteiger partial charge is 0.185 e. The average molecular weight is 381 g/mol. The molecular weight excluding hydrogens is 362 g/mol. The van der Waals surface area contributed by atoms with Gasteiger partial charge < -0.3 is 15.1 Å². The molecule has 0 amide bonds. The van der Waals surface area contributed by atoms with Crippen molar-refractivity contribution in [2.75, 3.05) is 5.32 Å². The lowest BCUT2D eigenvalue weighted by Gasteiger charge is -2.12. The Morgan fingerprint density at radius 3 is 2.86 bits per heavy atom. The van der Waals surface area contributed by atoms with Crippen LogP contribution in [0.5, 0.6) is 0 Å². The SMILES string of the molecule is Cn1ccc2ccc(-c3cc(NCc4ccc[n+]([O-])c4)cc4nccnc34)cc21. The van der Waals surface area contributed by atoms with Gasteiger partial charge in [0.05, 0.1) is 11.0 Å². The van der Waals surface area contributed by atoms with Crippen LogP contribution in [0.1, 0.15) is 5.56 Å². The molecule has 0 saturated carbocycles. The van der Waals surface area contributed by atoms with Gasteiger partial charge in [-0.25, -0.2) is 0 Å². The van der Waals surface area contributed by atoms with Crippen molar-refractivity contribution in [1.82, 2.24) is 14.5 Å². The number of rotatable bonds is 4. The molecule has 29 heavy (non-hydrogen) atoms. The van der Waals surface area contributed by atoms with E-state index in [9.17, 15) is 5.21 Å². The summed E-state index contributed by atoms with van der Waals surface area (Å²) in [6.45, 7) is 0.547. The Morgan fingerprint density at radius 1 is 1.07 bits per heavy atom. The molecule has 0 fully saturated rings. The minimum absolute atomic E-state index is 0.547. The van der Waals surface area contributed by atoms with E-state index in [2.05, 4.69) is 56.4 Å². The van der Waals surface area contributed by atoms with Crippen molar-refractivity contribution in [3.8, 4) is 11.1 Å². The zero-order valence-corrected chi connectivity index (χ0v) is 15.9. The largest absolute Gasteiger partial charge is 0.619 e. The van der Waals surface area contributed by atoms with Crippen LogP contribution in [-0.2, 0) is 13.6 Å².